The standard InChI is InChI=1S/C12H6Br2N4O/c13-7-5-8(14)12(16-19)11(6-7)18-10-4-2-1-3-9(10)15-17-18/h1-6H. The van der Waals surface area contributed by atoms with Crippen LogP contribution in [0.3, 0.4) is 0 Å². The fourth-order valence-corrected chi connectivity index (χ4v) is 3.13. The second-order valence-corrected chi connectivity index (χ2v) is 5.61. The van der Waals surface area contributed by atoms with Gasteiger partial charge in [0.15, 0.2) is 0 Å². The Labute approximate surface area is 124 Å². The largest absolute Gasteiger partial charge is 0.210 e. The van der Waals surface area contributed by atoms with Crippen molar-refractivity contribution in [2.75, 3.05) is 0 Å². The Morgan fingerprint density at radius 1 is 1.16 bits per heavy atom. The van der Waals surface area contributed by atoms with Gasteiger partial charge in [-0.1, -0.05) is 33.3 Å². The third kappa shape index (κ3) is 2.08. The van der Waals surface area contributed by atoms with Crippen molar-refractivity contribution < 1.29 is 0 Å². The van der Waals surface area contributed by atoms with E-state index in [0.29, 0.717) is 15.8 Å². The molecule has 1 heterocycles. The highest BCUT2D eigenvalue weighted by Crippen LogP contribution is 2.36. The molecule has 19 heavy (non-hydrogen) atoms. The van der Waals surface area contributed by atoms with Crippen LogP contribution in [0.1, 0.15) is 0 Å². The first-order valence-electron chi connectivity index (χ1n) is 5.34. The molecule has 94 valence electrons. The third-order valence-corrected chi connectivity index (χ3v) is 3.74. The summed E-state index contributed by atoms with van der Waals surface area (Å²) in [6, 6.07) is 11.1. The van der Waals surface area contributed by atoms with E-state index in [1.807, 2.05) is 24.3 Å². The summed E-state index contributed by atoms with van der Waals surface area (Å²) in [4.78, 5) is 11.0. The highest BCUT2D eigenvalue weighted by Gasteiger charge is 2.14. The van der Waals surface area contributed by atoms with Gasteiger partial charge in [-0.25, -0.2) is 4.68 Å². The van der Waals surface area contributed by atoms with Crippen LogP contribution in [0.5, 0.6) is 0 Å². The lowest BCUT2D eigenvalue weighted by Gasteiger charge is -2.07. The molecular weight excluding hydrogens is 376 g/mol. The summed E-state index contributed by atoms with van der Waals surface area (Å²) in [6.07, 6.45) is 0. The number of aromatic nitrogens is 3. The first-order chi connectivity index (χ1) is 9.20. The molecule has 0 aliphatic rings. The van der Waals surface area contributed by atoms with Gasteiger partial charge in [0.1, 0.15) is 11.2 Å². The van der Waals surface area contributed by atoms with E-state index in [-0.39, 0.29) is 0 Å². The highest BCUT2D eigenvalue weighted by atomic mass is 79.9. The predicted octanol–water partition coefficient (Wildman–Crippen LogP) is 4.34. The van der Waals surface area contributed by atoms with Gasteiger partial charge in [-0.15, -0.1) is 10.0 Å². The van der Waals surface area contributed by atoms with Gasteiger partial charge in [-0.05, 0) is 45.4 Å². The van der Waals surface area contributed by atoms with E-state index < -0.39 is 0 Å². The monoisotopic (exact) mass is 380 g/mol. The van der Waals surface area contributed by atoms with E-state index in [1.54, 1.807) is 16.8 Å². The van der Waals surface area contributed by atoms with Crippen molar-refractivity contribution in [1.29, 1.82) is 0 Å². The van der Waals surface area contributed by atoms with Crippen molar-refractivity contribution in [1.82, 2.24) is 15.0 Å². The van der Waals surface area contributed by atoms with Crippen LogP contribution in [0.15, 0.2) is 50.5 Å². The summed E-state index contributed by atoms with van der Waals surface area (Å²) >= 11 is 6.71. The molecule has 0 spiro atoms. The molecule has 5 nitrogen and oxygen atoms in total. The maximum Gasteiger partial charge on any atom is 0.147 e. The SMILES string of the molecule is O=Nc1c(Br)cc(Br)cc1-n1nnc2ccccc21. The third-order valence-electron chi connectivity index (χ3n) is 2.68. The highest BCUT2D eigenvalue weighted by molar-refractivity contribution is 9.11. The van der Waals surface area contributed by atoms with Gasteiger partial charge >= 0.3 is 0 Å². The van der Waals surface area contributed by atoms with Crippen LogP contribution in [-0.2, 0) is 0 Å². The quantitative estimate of drug-likeness (QED) is 0.620. The minimum Gasteiger partial charge on any atom is -0.210 e. The Kier molecular flexibility index (Phi) is 3.16. The number of hydrogen-bond donors (Lipinski definition) is 0. The molecule has 2 aromatic carbocycles. The average Bonchev–Trinajstić information content (AvgIpc) is 2.81. The number of nitrogens with zero attached hydrogens (tertiary/aromatic N) is 4. The Balaban J connectivity index is 2.35. The maximum absolute atomic E-state index is 11.0. The Hall–Kier alpha value is -1.60. The smallest absolute Gasteiger partial charge is 0.147 e. The number of fused-ring (bicyclic) bond motifs is 1. The van der Waals surface area contributed by atoms with Crippen molar-refractivity contribution >= 4 is 48.6 Å². The van der Waals surface area contributed by atoms with Crippen molar-refractivity contribution in [2.24, 2.45) is 5.18 Å². The average molecular weight is 382 g/mol. The molecule has 0 amide bonds. The number of para-hydroxylation sites is 1. The molecule has 0 unspecified atom stereocenters. The molecule has 7 heteroatoms. The molecule has 0 radical (unpaired) electrons. The first-order valence-corrected chi connectivity index (χ1v) is 6.92. The Morgan fingerprint density at radius 3 is 2.74 bits per heavy atom. The van der Waals surface area contributed by atoms with Crippen molar-refractivity contribution in [3.05, 3.63) is 50.3 Å². The number of hydrogen-bond acceptors (Lipinski definition) is 4. The maximum atomic E-state index is 11.0. The lowest BCUT2D eigenvalue weighted by atomic mass is 10.2. The normalized spacial score (nSPS) is 10.8. The summed E-state index contributed by atoms with van der Waals surface area (Å²) in [5.74, 6) is 0. The summed E-state index contributed by atoms with van der Waals surface area (Å²) in [5.41, 5.74) is 2.44. The van der Waals surface area contributed by atoms with Crippen LogP contribution in [0.4, 0.5) is 5.69 Å². The van der Waals surface area contributed by atoms with Gasteiger partial charge in [0.2, 0.25) is 0 Å². The fourth-order valence-electron chi connectivity index (χ4n) is 1.85. The van der Waals surface area contributed by atoms with E-state index >= 15 is 0 Å². The van der Waals surface area contributed by atoms with Crippen molar-refractivity contribution in [2.45, 2.75) is 0 Å². The van der Waals surface area contributed by atoms with Gasteiger partial charge in [0.25, 0.3) is 0 Å². The molecule has 0 atom stereocenters. The van der Waals surface area contributed by atoms with Crippen LogP contribution in [0.2, 0.25) is 0 Å². The number of rotatable bonds is 2. The fraction of sp³-hybridized carbons (Fsp3) is 0. The number of benzene rings is 2. The Morgan fingerprint density at radius 2 is 1.95 bits per heavy atom. The minimum absolute atomic E-state index is 0.291. The van der Waals surface area contributed by atoms with E-state index in [4.69, 9.17) is 0 Å². The van der Waals surface area contributed by atoms with Crippen LogP contribution in [0, 0.1) is 4.91 Å². The predicted molar refractivity (Wildman–Crippen MR) is 79.7 cm³/mol. The molecule has 0 fully saturated rings. The van der Waals surface area contributed by atoms with Crippen molar-refractivity contribution in [3.63, 3.8) is 0 Å². The van der Waals surface area contributed by atoms with Crippen LogP contribution in [0.25, 0.3) is 16.7 Å². The minimum atomic E-state index is 0.291. The number of halogens is 2. The second-order valence-electron chi connectivity index (χ2n) is 3.84. The zero-order valence-corrected chi connectivity index (χ0v) is 12.6. The van der Waals surface area contributed by atoms with E-state index in [9.17, 15) is 4.91 Å². The molecule has 0 bridgehead atoms. The first kappa shape index (κ1) is 12.4. The molecule has 0 N–H and O–H groups in total. The second kappa shape index (κ2) is 4.82. The zero-order chi connectivity index (χ0) is 13.4. The molecule has 0 saturated carbocycles. The summed E-state index contributed by atoms with van der Waals surface area (Å²) < 4.78 is 3.02. The molecule has 3 rings (SSSR count). The van der Waals surface area contributed by atoms with Gasteiger partial charge in [0, 0.05) is 4.47 Å². The molecular formula is C12H6Br2N4O. The number of nitroso groups, excluding NO2 is 1. The van der Waals surface area contributed by atoms with Crippen LogP contribution in [-0.4, -0.2) is 15.0 Å². The van der Waals surface area contributed by atoms with Gasteiger partial charge in [0.05, 0.1) is 15.7 Å². The molecule has 0 aliphatic carbocycles. The Bertz CT molecular complexity index is 784. The molecule has 1 aromatic heterocycles. The topological polar surface area (TPSA) is 60.1 Å². The van der Waals surface area contributed by atoms with Gasteiger partial charge in [-0.2, -0.15) is 0 Å². The van der Waals surface area contributed by atoms with E-state index in [2.05, 4.69) is 47.3 Å². The van der Waals surface area contributed by atoms with E-state index in [1.165, 1.54) is 0 Å². The summed E-state index contributed by atoms with van der Waals surface area (Å²) in [6.45, 7) is 0. The van der Waals surface area contributed by atoms with E-state index in [0.717, 1.165) is 15.5 Å². The zero-order valence-electron chi connectivity index (χ0n) is 9.42. The van der Waals surface area contributed by atoms with Gasteiger partial charge in [-0.3, -0.25) is 0 Å². The van der Waals surface area contributed by atoms with Crippen LogP contribution >= 0.6 is 31.9 Å². The summed E-state index contributed by atoms with van der Waals surface area (Å²) in [7, 11) is 0. The van der Waals surface area contributed by atoms with Crippen LogP contribution < -0.4 is 0 Å². The van der Waals surface area contributed by atoms with Gasteiger partial charge < -0.3 is 0 Å². The summed E-state index contributed by atoms with van der Waals surface area (Å²) in [5, 5.41) is 11.2. The van der Waals surface area contributed by atoms with Crippen molar-refractivity contribution in [3.8, 4) is 5.69 Å². The molecule has 0 aliphatic heterocycles. The lowest BCUT2D eigenvalue weighted by molar-refractivity contribution is 0.823. The molecule has 0 saturated heterocycles. The molecule has 3 aromatic rings. The lowest BCUT2D eigenvalue weighted by Crippen LogP contribution is -1.97.